The lowest BCUT2D eigenvalue weighted by Crippen LogP contribution is -2.49. The molecule has 1 heterocycles. The summed E-state index contributed by atoms with van der Waals surface area (Å²) in [4.78, 5) is 11.9. The fourth-order valence-corrected chi connectivity index (χ4v) is 2.72. The molecular formula is C12H22N2O. The SMILES string of the molecule is CC1CCC(NC(=O)[C@@H]2CCCCN2)C1. The third-order valence-electron chi connectivity index (χ3n) is 3.67. The summed E-state index contributed by atoms with van der Waals surface area (Å²) in [5.74, 6) is 1.02. The molecule has 1 aliphatic carbocycles. The van der Waals surface area contributed by atoms with Gasteiger partial charge in [0.05, 0.1) is 6.04 Å². The number of hydrogen-bond acceptors (Lipinski definition) is 2. The first-order chi connectivity index (χ1) is 7.25. The van der Waals surface area contributed by atoms with E-state index < -0.39 is 0 Å². The molecule has 0 aromatic heterocycles. The number of rotatable bonds is 2. The Kier molecular flexibility index (Phi) is 3.62. The van der Waals surface area contributed by atoms with Crippen molar-refractivity contribution in [2.24, 2.45) is 5.92 Å². The second-order valence-corrected chi connectivity index (χ2v) is 5.13. The Hall–Kier alpha value is -0.570. The third kappa shape index (κ3) is 2.94. The average molecular weight is 210 g/mol. The van der Waals surface area contributed by atoms with Crippen molar-refractivity contribution in [3.63, 3.8) is 0 Å². The molecule has 3 heteroatoms. The standard InChI is InChI=1S/C12H22N2O/c1-9-5-6-10(8-9)14-12(15)11-4-2-3-7-13-11/h9-11,13H,2-8H2,1H3,(H,14,15)/t9?,10?,11-/m0/s1. The molecule has 3 nitrogen and oxygen atoms in total. The summed E-state index contributed by atoms with van der Waals surface area (Å²) in [6, 6.07) is 0.519. The van der Waals surface area contributed by atoms with Gasteiger partial charge in [-0.25, -0.2) is 0 Å². The molecule has 0 bridgehead atoms. The van der Waals surface area contributed by atoms with Gasteiger partial charge in [0.25, 0.3) is 0 Å². The lowest BCUT2D eigenvalue weighted by molar-refractivity contribution is -0.124. The predicted molar refractivity (Wildman–Crippen MR) is 60.6 cm³/mol. The quantitative estimate of drug-likeness (QED) is 0.724. The van der Waals surface area contributed by atoms with E-state index in [9.17, 15) is 4.79 Å². The van der Waals surface area contributed by atoms with Gasteiger partial charge >= 0.3 is 0 Å². The molecule has 1 saturated heterocycles. The Labute approximate surface area is 92.0 Å². The minimum absolute atomic E-state index is 0.0784. The van der Waals surface area contributed by atoms with Crippen LogP contribution in [0.5, 0.6) is 0 Å². The van der Waals surface area contributed by atoms with E-state index in [0.29, 0.717) is 6.04 Å². The summed E-state index contributed by atoms with van der Waals surface area (Å²) in [6.45, 7) is 3.27. The first kappa shape index (κ1) is 10.9. The van der Waals surface area contributed by atoms with E-state index in [1.54, 1.807) is 0 Å². The monoisotopic (exact) mass is 210 g/mol. The van der Waals surface area contributed by atoms with Crippen molar-refractivity contribution in [3.8, 4) is 0 Å². The summed E-state index contributed by atoms with van der Waals surface area (Å²) in [5.41, 5.74) is 0. The normalized spacial score (nSPS) is 36.5. The van der Waals surface area contributed by atoms with Gasteiger partial charge in [-0.3, -0.25) is 4.79 Å². The van der Waals surface area contributed by atoms with Crippen LogP contribution >= 0.6 is 0 Å². The number of hydrogen-bond donors (Lipinski definition) is 2. The van der Waals surface area contributed by atoms with Crippen LogP contribution in [0.3, 0.4) is 0 Å². The highest BCUT2D eigenvalue weighted by Gasteiger charge is 2.26. The smallest absolute Gasteiger partial charge is 0.237 e. The summed E-state index contributed by atoms with van der Waals surface area (Å²) >= 11 is 0. The summed E-state index contributed by atoms with van der Waals surface area (Å²) in [7, 11) is 0. The Bertz CT molecular complexity index is 224. The molecule has 2 unspecified atom stereocenters. The minimum atomic E-state index is 0.0784. The van der Waals surface area contributed by atoms with Crippen molar-refractivity contribution in [1.82, 2.24) is 10.6 Å². The van der Waals surface area contributed by atoms with Crippen molar-refractivity contribution < 1.29 is 4.79 Å². The topological polar surface area (TPSA) is 41.1 Å². The lowest BCUT2D eigenvalue weighted by Gasteiger charge is -2.24. The largest absolute Gasteiger partial charge is 0.352 e. The Morgan fingerprint density at radius 1 is 1.27 bits per heavy atom. The number of carbonyl (C=O) groups excluding carboxylic acids is 1. The number of piperidine rings is 1. The first-order valence-electron chi connectivity index (χ1n) is 6.29. The van der Waals surface area contributed by atoms with Crippen LogP contribution in [0.15, 0.2) is 0 Å². The van der Waals surface area contributed by atoms with Crippen LogP contribution in [-0.4, -0.2) is 24.5 Å². The average Bonchev–Trinajstić information content (AvgIpc) is 2.65. The molecule has 86 valence electrons. The van der Waals surface area contributed by atoms with Crippen LogP contribution in [0, 0.1) is 5.92 Å². The molecule has 2 rings (SSSR count). The summed E-state index contributed by atoms with van der Waals surface area (Å²) < 4.78 is 0. The van der Waals surface area contributed by atoms with Crippen molar-refractivity contribution in [2.75, 3.05) is 6.54 Å². The zero-order valence-electron chi connectivity index (χ0n) is 9.59. The van der Waals surface area contributed by atoms with Crippen LogP contribution in [0.25, 0.3) is 0 Å². The van der Waals surface area contributed by atoms with E-state index in [0.717, 1.165) is 18.9 Å². The maximum atomic E-state index is 11.9. The molecule has 0 radical (unpaired) electrons. The van der Waals surface area contributed by atoms with Crippen LogP contribution < -0.4 is 10.6 Å². The molecule has 2 aliphatic rings. The molecule has 1 aliphatic heterocycles. The zero-order chi connectivity index (χ0) is 10.7. The van der Waals surface area contributed by atoms with E-state index in [-0.39, 0.29) is 11.9 Å². The summed E-state index contributed by atoms with van der Waals surface area (Å²) in [6.07, 6.45) is 7.01. The molecule has 1 saturated carbocycles. The Morgan fingerprint density at radius 3 is 2.73 bits per heavy atom. The van der Waals surface area contributed by atoms with Crippen molar-refractivity contribution in [3.05, 3.63) is 0 Å². The molecule has 0 aromatic carbocycles. The molecule has 0 spiro atoms. The van der Waals surface area contributed by atoms with Gasteiger partial charge in [0.1, 0.15) is 0 Å². The second-order valence-electron chi connectivity index (χ2n) is 5.13. The molecule has 15 heavy (non-hydrogen) atoms. The van der Waals surface area contributed by atoms with Gasteiger partial charge in [-0.05, 0) is 44.6 Å². The van der Waals surface area contributed by atoms with Crippen LogP contribution in [-0.2, 0) is 4.79 Å². The molecule has 3 atom stereocenters. The Balaban J connectivity index is 1.76. The number of amides is 1. The second kappa shape index (κ2) is 4.97. The number of carbonyl (C=O) groups is 1. The van der Waals surface area contributed by atoms with E-state index in [1.807, 2.05) is 0 Å². The fraction of sp³-hybridized carbons (Fsp3) is 0.917. The molecule has 1 amide bonds. The van der Waals surface area contributed by atoms with Gasteiger partial charge in [-0.1, -0.05) is 13.3 Å². The van der Waals surface area contributed by atoms with E-state index >= 15 is 0 Å². The zero-order valence-corrected chi connectivity index (χ0v) is 9.59. The van der Waals surface area contributed by atoms with Crippen LogP contribution in [0.4, 0.5) is 0 Å². The van der Waals surface area contributed by atoms with E-state index in [4.69, 9.17) is 0 Å². The predicted octanol–water partition coefficient (Wildman–Crippen LogP) is 1.43. The molecule has 2 N–H and O–H groups in total. The number of nitrogens with one attached hydrogen (secondary N) is 2. The Morgan fingerprint density at radius 2 is 2.13 bits per heavy atom. The fourth-order valence-electron chi connectivity index (χ4n) is 2.72. The van der Waals surface area contributed by atoms with E-state index in [2.05, 4.69) is 17.6 Å². The van der Waals surface area contributed by atoms with Crippen molar-refractivity contribution in [1.29, 1.82) is 0 Å². The maximum absolute atomic E-state index is 11.9. The highest BCUT2D eigenvalue weighted by atomic mass is 16.2. The maximum Gasteiger partial charge on any atom is 0.237 e. The van der Waals surface area contributed by atoms with Crippen molar-refractivity contribution in [2.45, 2.75) is 57.5 Å². The van der Waals surface area contributed by atoms with Gasteiger partial charge in [0, 0.05) is 6.04 Å². The van der Waals surface area contributed by atoms with Gasteiger partial charge in [-0.15, -0.1) is 0 Å². The highest BCUT2D eigenvalue weighted by Crippen LogP contribution is 2.24. The third-order valence-corrected chi connectivity index (χ3v) is 3.67. The lowest BCUT2D eigenvalue weighted by atomic mass is 10.0. The van der Waals surface area contributed by atoms with Crippen molar-refractivity contribution >= 4 is 5.91 Å². The molecule has 2 fully saturated rings. The molecule has 0 aromatic rings. The van der Waals surface area contributed by atoms with Gasteiger partial charge in [-0.2, -0.15) is 0 Å². The minimum Gasteiger partial charge on any atom is -0.352 e. The first-order valence-corrected chi connectivity index (χ1v) is 6.29. The molecular weight excluding hydrogens is 188 g/mol. The van der Waals surface area contributed by atoms with Gasteiger partial charge in [0.15, 0.2) is 0 Å². The van der Waals surface area contributed by atoms with Crippen LogP contribution in [0.2, 0.25) is 0 Å². The summed E-state index contributed by atoms with van der Waals surface area (Å²) in [5, 5.41) is 6.47. The van der Waals surface area contributed by atoms with E-state index in [1.165, 1.54) is 32.1 Å². The highest BCUT2D eigenvalue weighted by molar-refractivity contribution is 5.82. The van der Waals surface area contributed by atoms with Crippen LogP contribution in [0.1, 0.15) is 45.4 Å². The van der Waals surface area contributed by atoms with Gasteiger partial charge in [0.2, 0.25) is 5.91 Å². The van der Waals surface area contributed by atoms with Gasteiger partial charge < -0.3 is 10.6 Å².